The number of thioether (sulfide) groups is 1. The van der Waals surface area contributed by atoms with Crippen LogP contribution in [0.3, 0.4) is 0 Å². The Hall–Kier alpha value is -2.57. The largest absolute Gasteiger partial charge is 0.337 e. The van der Waals surface area contributed by atoms with Crippen LogP contribution in [0.25, 0.3) is 10.9 Å². The normalized spacial score (nSPS) is 13.3. The van der Waals surface area contributed by atoms with Gasteiger partial charge in [-0.1, -0.05) is 53.7 Å². The molecule has 2 aromatic carbocycles. The van der Waals surface area contributed by atoms with Crippen molar-refractivity contribution in [2.45, 2.75) is 24.7 Å². The van der Waals surface area contributed by atoms with Gasteiger partial charge in [-0.15, -0.1) is 6.58 Å². The van der Waals surface area contributed by atoms with Gasteiger partial charge in [0.05, 0.1) is 16.7 Å². The minimum atomic E-state index is -0.181. The van der Waals surface area contributed by atoms with Crippen LogP contribution in [0.15, 0.2) is 65.1 Å². The Labute approximate surface area is 178 Å². The second kappa shape index (κ2) is 8.43. The quantitative estimate of drug-likeness (QED) is 0.353. The molecule has 4 rings (SSSR count). The second-order valence-electron chi connectivity index (χ2n) is 6.88. The van der Waals surface area contributed by atoms with Crippen LogP contribution < -0.4 is 5.56 Å². The lowest BCUT2D eigenvalue weighted by molar-refractivity contribution is -0.129. The van der Waals surface area contributed by atoms with Crippen molar-refractivity contribution >= 4 is 40.2 Å². The van der Waals surface area contributed by atoms with Gasteiger partial charge in [0.1, 0.15) is 0 Å². The van der Waals surface area contributed by atoms with E-state index in [2.05, 4.69) is 23.7 Å². The van der Waals surface area contributed by atoms with Crippen LogP contribution in [-0.2, 0) is 24.3 Å². The Bertz CT molecular complexity index is 1160. The summed E-state index contributed by atoms with van der Waals surface area (Å²) in [4.78, 5) is 32.1. The van der Waals surface area contributed by atoms with Gasteiger partial charge in [0.25, 0.3) is 5.56 Å². The van der Waals surface area contributed by atoms with Crippen molar-refractivity contribution in [2.24, 2.45) is 0 Å². The molecule has 0 saturated heterocycles. The lowest BCUT2D eigenvalue weighted by Gasteiger charge is -2.28. The highest BCUT2D eigenvalue weighted by atomic mass is 35.5. The van der Waals surface area contributed by atoms with Gasteiger partial charge >= 0.3 is 0 Å². The van der Waals surface area contributed by atoms with E-state index in [1.165, 1.54) is 27.5 Å². The first-order valence-electron chi connectivity index (χ1n) is 9.35. The predicted molar refractivity (Wildman–Crippen MR) is 117 cm³/mol. The van der Waals surface area contributed by atoms with E-state index in [1.54, 1.807) is 24.3 Å². The first-order chi connectivity index (χ1) is 14.1. The van der Waals surface area contributed by atoms with Gasteiger partial charge in [-0.2, -0.15) is 0 Å². The van der Waals surface area contributed by atoms with Crippen LogP contribution in [0.2, 0.25) is 5.02 Å². The van der Waals surface area contributed by atoms with Crippen molar-refractivity contribution in [2.75, 3.05) is 12.3 Å². The fourth-order valence-electron chi connectivity index (χ4n) is 3.50. The van der Waals surface area contributed by atoms with Crippen molar-refractivity contribution in [3.63, 3.8) is 0 Å². The van der Waals surface area contributed by atoms with Crippen LogP contribution in [0, 0.1) is 0 Å². The number of allylic oxidation sites excluding steroid dienone is 1. The molecule has 0 radical (unpaired) electrons. The lowest BCUT2D eigenvalue weighted by atomic mass is 10.00. The summed E-state index contributed by atoms with van der Waals surface area (Å²) in [5.41, 5.74) is 2.89. The van der Waals surface area contributed by atoms with E-state index in [4.69, 9.17) is 11.6 Å². The zero-order valence-electron chi connectivity index (χ0n) is 15.8. The Kier molecular flexibility index (Phi) is 5.74. The number of aromatic nitrogens is 2. The van der Waals surface area contributed by atoms with E-state index in [-0.39, 0.29) is 17.2 Å². The molecule has 0 saturated carbocycles. The first-order valence-corrected chi connectivity index (χ1v) is 10.7. The summed E-state index contributed by atoms with van der Waals surface area (Å²) >= 11 is 7.32. The number of hydrogen-bond acceptors (Lipinski definition) is 4. The van der Waals surface area contributed by atoms with Crippen LogP contribution in [0.5, 0.6) is 0 Å². The van der Waals surface area contributed by atoms with Crippen molar-refractivity contribution in [1.29, 1.82) is 0 Å². The maximum atomic E-state index is 12.9. The summed E-state index contributed by atoms with van der Waals surface area (Å²) in [5.74, 6) is 0.269. The monoisotopic (exact) mass is 425 g/mol. The fraction of sp³-hybridized carbons (Fsp3) is 0.227. The summed E-state index contributed by atoms with van der Waals surface area (Å²) in [6.07, 6.45) is 2.51. The Balaban J connectivity index is 1.55. The molecular formula is C22H20ClN3O2S. The third-order valence-electron chi connectivity index (χ3n) is 5.00. The smallest absolute Gasteiger partial charge is 0.262 e. The average Bonchev–Trinajstić information content (AvgIpc) is 2.74. The highest BCUT2D eigenvalue weighted by molar-refractivity contribution is 7.99. The van der Waals surface area contributed by atoms with E-state index >= 15 is 0 Å². The number of nitrogens with zero attached hydrogens (tertiary/aromatic N) is 3. The molecule has 0 fully saturated rings. The van der Waals surface area contributed by atoms with Gasteiger partial charge in [-0.3, -0.25) is 14.2 Å². The fourth-order valence-corrected chi connectivity index (χ4v) is 4.58. The molecule has 1 aliphatic heterocycles. The summed E-state index contributed by atoms with van der Waals surface area (Å²) < 4.78 is 1.54. The minimum Gasteiger partial charge on any atom is -0.337 e. The molecule has 29 heavy (non-hydrogen) atoms. The van der Waals surface area contributed by atoms with Gasteiger partial charge in [-0.25, -0.2) is 4.98 Å². The van der Waals surface area contributed by atoms with E-state index in [1.807, 2.05) is 17.0 Å². The zero-order valence-corrected chi connectivity index (χ0v) is 17.4. The number of carbonyl (C=O) groups excluding carboxylic acids is 1. The van der Waals surface area contributed by atoms with Crippen LogP contribution >= 0.6 is 23.4 Å². The van der Waals surface area contributed by atoms with Crippen molar-refractivity contribution < 1.29 is 4.79 Å². The Morgan fingerprint density at radius 2 is 2.03 bits per heavy atom. The number of hydrogen-bond donors (Lipinski definition) is 0. The molecule has 0 unspecified atom stereocenters. The Morgan fingerprint density at radius 1 is 1.24 bits per heavy atom. The Morgan fingerprint density at radius 3 is 2.83 bits per heavy atom. The van der Waals surface area contributed by atoms with Crippen LogP contribution in [0.1, 0.15) is 11.1 Å². The molecule has 0 atom stereocenters. The molecule has 7 heteroatoms. The topological polar surface area (TPSA) is 55.2 Å². The molecule has 148 valence electrons. The van der Waals surface area contributed by atoms with Crippen LogP contribution in [0.4, 0.5) is 0 Å². The number of rotatable bonds is 5. The van der Waals surface area contributed by atoms with Gasteiger partial charge < -0.3 is 4.90 Å². The van der Waals surface area contributed by atoms with Gasteiger partial charge in [0, 0.05) is 24.7 Å². The number of amides is 1. The van der Waals surface area contributed by atoms with Gasteiger partial charge in [-0.05, 0) is 35.7 Å². The molecule has 3 aromatic rings. The number of halogens is 1. The standard InChI is InChI=1S/C22H20ClN3O2S/c1-2-10-26-21(28)18-12-17(23)7-8-19(18)24-22(26)29-14-20(27)25-11-9-15-5-3-4-6-16(15)13-25/h2-8,12H,1,9-11,13-14H2. The third-order valence-corrected chi connectivity index (χ3v) is 6.20. The lowest BCUT2D eigenvalue weighted by Crippen LogP contribution is -2.37. The van der Waals surface area contributed by atoms with Gasteiger partial charge in [0.2, 0.25) is 5.91 Å². The SMILES string of the molecule is C=CCn1c(SCC(=O)N2CCc3ccccc3C2)nc2ccc(Cl)cc2c1=O. The summed E-state index contributed by atoms with van der Waals surface area (Å²) in [6, 6.07) is 13.3. The highest BCUT2D eigenvalue weighted by Crippen LogP contribution is 2.23. The molecule has 0 N–H and O–H groups in total. The maximum absolute atomic E-state index is 12.9. The van der Waals surface area contributed by atoms with E-state index in [0.29, 0.717) is 40.7 Å². The molecule has 5 nitrogen and oxygen atoms in total. The second-order valence-corrected chi connectivity index (χ2v) is 8.26. The van der Waals surface area contributed by atoms with Crippen molar-refractivity contribution in [3.05, 3.63) is 81.6 Å². The molecule has 1 amide bonds. The third kappa shape index (κ3) is 4.09. The summed E-state index contributed by atoms with van der Waals surface area (Å²) in [5, 5.41) is 1.46. The summed E-state index contributed by atoms with van der Waals surface area (Å²) in [7, 11) is 0. The molecule has 2 heterocycles. The molecule has 0 bridgehead atoms. The molecule has 0 aliphatic carbocycles. The predicted octanol–water partition coefficient (Wildman–Crippen LogP) is 3.91. The molecule has 1 aromatic heterocycles. The highest BCUT2D eigenvalue weighted by Gasteiger charge is 2.21. The molecule has 0 spiro atoms. The summed E-state index contributed by atoms with van der Waals surface area (Å²) in [6.45, 7) is 5.38. The van der Waals surface area contributed by atoms with Crippen molar-refractivity contribution in [3.8, 4) is 0 Å². The molecular weight excluding hydrogens is 406 g/mol. The number of carbonyl (C=O) groups is 1. The van der Waals surface area contributed by atoms with E-state index in [0.717, 1.165) is 6.42 Å². The maximum Gasteiger partial charge on any atom is 0.262 e. The number of benzene rings is 2. The van der Waals surface area contributed by atoms with Crippen LogP contribution in [-0.4, -0.2) is 32.7 Å². The van der Waals surface area contributed by atoms with E-state index in [9.17, 15) is 9.59 Å². The van der Waals surface area contributed by atoms with E-state index < -0.39 is 0 Å². The number of fused-ring (bicyclic) bond motifs is 2. The molecule has 1 aliphatic rings. The first kappa shape index (κ1) is 19.7. The minimum absolute atomic E-state index is 0.0418. The van der Waals surface area contributed by atoms with Gasteiger partial charge in [0.15, 0.2) is 5.16 Å². The van der Waals surface area contributed by atoms with Crippen molar-refractivity contribution in [1.82, 2.24) is 14.5 Å². The average molecular weight is 426 g/mol. The zero-order chi connectivity index (χ0) is 20.4.